The highest BCUT2D eigenvalue weighted by atomic mass is 32.2. The Balaban J connectivity index is 3.66. The SMILES string of the molecule is NC1NC(C(F)(F)F)(C(F)(F)F)C(=C(F)C(F)(F)F)S1. The monoisotopic (exact) mass is 338 g/mol. The summed E-state index contributed by atoms with van der Waals surface area (Å²) in [7, 11) is 0. The van der Waals surface area contributed by atoms with Gasteiger partial charge in [0.15, 0.2) is 0 Å². The molecule has 0 aromatic heterocycles. The number of halogens is 10. The quantitative estimate of drug-likeness (QED) is 0.667. The molecule has 1 saturated heterocycles. The molecule has 0 radical (unpaired) electrons. The first-order valence-electron chi connectivity index (χ1n) is 4.45. The van der Waals surface area contributed by atoms with E-state index in [1.807, 2.05) is 0 Å². The summed E-state index contributed by atoms with van der Waals surface area (Å²) in [6.45, 7) is 0. The summed E-state index contributed by atoms with van der Waals surface area (Å²) >= 11 is -0.728. The van der Waals surface area contributed by atoms with Gasteiger partial charge in [0.25, 0.3) is 0 Å². The molecule has 0 aromatic carbocycles. The first kappa shape index (κ1) is 17.4. The highest BCUT2D eigenvalue weighted by Crippen LogP contribution is 2.57. The van der Waals surface area contributed by atoms with Gasteiger partial charge in [-0.3, -0.25) is 5.32 Å². The Morgan fingerprint density at radius 1 is 1.00 bits per heavy atom. The molecule has 20 heavy (non-hydrogen) atoms. The summed E-state index contributed by atoms with van der Waals surface area (Å²) in [6.07, 6.45) is -18.6. The molecule has 1 rings (SSSR count). The van der Waals surface area contributed by atoms with Crippen LogP contribution in [0, 0.1) is 0 Å². The van der Waals surface area contributed by atoms with Crippen LogP contribution in [0.3, 0.4) is 0 Å². The standard InChI is InChI=1S/C7H4F10N2S/c8-1(5(9,10)11)2-4(6(12,13)14,7(15,16)17)19-3(18)20-2/h3,19H,18H2. The van der Waals surface area contributed by atoms with Gasteiger partial charge in [-0.2, -0.15) is 39.5 Å². The zero-order chi connectivity index (χ0) is 16.1. The van der Waals surface area contributed by atoms with Crippen LogP contribution in [0.4, 0.5) is 43.9 Å². The van der Waals surface area contributed by atoms with Gasteiger partial charge < -0.3 is 5.73 Å². The van der Waals surface area contributed by atoms with Gasteiger partial charge in [-0.25, -0.2) is 4.39 Å². The van der Waals surface area contributed by atoms with Crippen molar-refractivity contribution >= 4 is 11.8 Å². The smallest absolute Gasteiger partial charge is 0.307 e. The number of hydrogen-bond donors (Lipinski definition) is 2. The van der Waals surface area contributed by atoms with Gasteiger partial charge in [0, 0.05) is 0 Å². The Morgan fingerprint density at radius 2 is 1.40 bits per heavy atom. The number of nitrogens with one attached hydrogen (secondary N) is 1. The van der Waals surface area contributed by atoms with Crippen molar-refractivity contribution in [1.29, 1.82) is 0 Å². The van der Waals surface area contributed by atoms with E-state index in [2.05, 4.69) is 0 Å². The van der Waals surface area contributed by atoms with Crippen molar-refractivity contribution in [3.05, 3.63) is 10.7 Å². The van der Waals surface area contributed by atoms with Gasteiger partial charge in [0.1, 0.15) is 5.50 Å². The van der Waals surface area contributed by atoms with Gasteiger partial charge in [0.05, 0.1) is 4.91 Å². The number of alkyl halides is 9. The van der Waals surface area contributed by atoms with Crippen LogP contribution in [0.2, 0.25) is 0 Å². The molecule has 0 amide bonds. The van der Waals surface area contributed by atoms with Gasteiger partial charge in [-0.15, -0.1) is 0 Å². The molecule has 1 heterocycles. The van der Waals surface area contributed by atoms with Crippen LogP contribution in [-0.2, 0) is 0 Å². The van der Waals surface area contributed by atoms with Gasteiger partial charge in [0.2, 0.25) is 11.4 Å². The van der Waals surface area contributed by atoms with Crippen molar-refractivity contribution in [2.24, 2.45) is 5.73 Å². The van der Waals surface area contributed by atoms with Crippen LogP contribution >= 0.6 is 11.8 Å². The molecule has 0 aromatic rings. The second-order valence-electron chi connectivity index (χ2n) is 3.57. The normalized spacial score (nSPS) is 26.9. The molecule has 1 atom stereocenters. The zero-order valence-corrected chi connectivity index (χ0v) is 9.66. The molecule has 1 unspecified atom stereocenters. The molecule has 13 heteroatoms. The molecule has 118 valence electrons. The van der Waals surface area contributed by atoms with E-state index in [1.54, 1.807) is 0 Å². The van der Waals surface area contributed by atoms with Gasteiger partial charge in [-0.1, -0.05) is 11.8 Å². The Labute approximate surface area is 108 Å². The number of hydrogen-bond acceptors (Lipinski definition) is 3. The van der Waals surface area contributed by atoms with Crippen LogP contribution in [0.15, 0.2) is 10.7 Å². The summed E-state index contributed by atoms with van der Waals surface area (Å²) in [5.74, 6) is -3.49. The Hall–Kier alpha value is -0.690. The fourth-order valence-electron chi connectivity index (χ4n) is 1.45. The predicted molar refractivity (Wildman–Crippen MR) is 47.7 cm³/mol. The first-order valence-corrected chi connectivity index (χ1v) is 5.33. The van der Waals surface area contributed by atoms with Crippen molar-refractivity contribution < 1.29 is 43.9 Å². The third-order valence-electron chi connectivity index (χ3n) is 2.24. The van der Waals surface area contributed by atoms with E-state index in [0.717, 1.165) is 5.32 Å². The van der Waals surface area contributed by atoms with Crippen LogP contribution < -0.4 is 11.1 Å². The number of nitrogens with two attached hydrogens (primary N) is 1. The van der Waals surface area contributed by atoms with Crippen molar-refractivity contribution in [1.82, 2.24) is 5.32 Å². The van der Waals surface area contributed by atoms with Crippen LogP contribution in [0.5, 0.6) is 0 Å². The van der Waals surface area contributed by atoms with E-state index in [1.165, 1.54) is 0 Å². The van der Waals surface area contributed by atoms with E-state index >= 15 is 0 Å². The van der Waals surface area contributed by atoms with Crippen LogP contribution in [0.25, 0.3) is 0 Å². The zero-order valence-electron chi connectivity index (χ0n) is 8.84. The Bertz CT molecular complexity index is 405. The maximum atomic E-state index is 13.0. The second-order valence-corrected chi connectivity index (χ2v) is 4.72. The minimum Gasteiger partial charge on any atom is -0.307 e. The molecule has 1 fully saturated rings. The molecular formula is C7H4F10N2S. The van der Waals surface area contributed by atoms with E-state index in [9.17, 15) is 43.9 Å². The minimum atomic E-state index is -6.27. The molecule has 0 spiro atoms. The van der Waals surface area contributed by atoms with Crippen molar-refractivity contribution in [2.45, 2.75) is 29.6 Å². The lowest BCUT2D eigenvalue weighted by atomic mass is 9.96. The maximum Gasteiger partial charge on any atom is 0.443 e. The maximum absolute atomic E-state index is 13.0. The molecule has 2 nitrogen and oxygen atoms in total. The van der Waals surface area contributed by atoms with Crippen LogP contribution in [-0.4, -0.2) is 29.6 Å². The van der Waals surface area contributed by atoms with E-state index < -0.39 is 52.1 Å². The lowest BCUT2D eigenvalue weighted by Gasteiger charge is -2.34. The van der Waals surface area contributed by atoms with Gasteiger partial charge >= 0.3 is 18.5 Å². The summed E-state index contributed by atoms with van der Waals surface area (Å²) < 4.78 is 125. The molecule has 0 bridgehead atoms. The first-order chi connectivity index (χ1) is 8.64. The predicted octanol–water partition coefficient (Wildman–Crippen LogP) is 3.17. The van der Waals surface area contributed by atoms with E-state index in [-0.39, 0.29) is 0 Å². The summed E-state index contributed by atoms with van der Waals surface area (Å²) in [5, 5.41) is 0.743. The fraction of sp³-hybridized carbons (Fsp3) is 0.714. The summed E-state index contributed by atoms with van der Waals surface area (Å²) in [4.78, 5) is -2.60. The third-order valence-corrected chi connectivity index (χ3v) is 3.34. The third kappa shape index (κ3) is 2.57. The summed E-state index contributed by atoms with van der Waals surface area (Å²) in [6, 6.07) is 0. The second kappa shape index (κ2) is 4.66. The number of rotatable bonds is 0. The average molecular weight is 338 g/mol. The highest BCUT2D eigenvalue weighted by Gasteiger charge is 2.77. The lowest BCUT2D eigenvalue weighted by Crippen LogP contribution is -2.66. The molecule has 1 aliphatic heterocycles. The van der Waals surface area contributed by atoms with E-state index in [0.29, 0.717) is 0 Å². The molecule has 0 aliphatic carbocycles. The van der Waals surface area contributed by atoms with Crippen LogP contribution in [0.1, 0.15) is 0 Å². The molecule has 1 aliphatic rings. The van der Waals surface area contributed by atoms with E-state index in [4.69, 9.17) is 5.73 Å². The van der Waals surface area contributed by atoms with Crippen molar-refractivity contribution in [2.75, 3.05) is 0 Å². The summed E-state index contributed by atoms with van der Waals surface area (Å²) in [5.41, 5.74) is -2.64. The van der Waals surface area contributed by atoms with Crippen molar-refractivity contribution in [3.8, 4) is 0 Å². The lowest BCUT2D eigenvalue weighted by molar-refractivity contribution is -0.291. The Morgan fingerprint density at radius 3 is 1.70 bits per heavy atom. The topological polar surface area (TPSA) is 38.0 Å². The fourth-order valence-corrected chi connectivity index (χ4v) is 2.63. The van der Waals surface area contributed by atoms with Crippen molar-refractivity contribution in [3.63, 3.8) is 0 Å². The van der Waals surface area contributed by atoms with Gasteiger partial charge in [-0.05, 0) is 0 Å². The Kier molecular flexibility index (Phi) is 4.05. The minimum absolute atomic E-state index is 0.728. The molecule has 3 N–H and O–H groups in total. The molecule has 0 saturated carbocycles. The number of thioether (sulfide) groups is 1. The largest absolute Gasteiger partial charge is 0.443 e. The molecular weight excluding hydrogens is 334 g/mol. The number of allylic oxidation sites excluding steroid dienone is 1. The average Bonchev–Trinajstić information content (AvgIpc) is 2.52. The highest BCUT2D eigenvalue weighted by molar-refractivity contribution is 8.04.